The number of hydrogen-bond donors (Lipinski definition) is 3. The quantitative estimate of drug-likeness (QED) is 0.297. The molecule has 50 heavy (non-hydrogen) atoms. The number of carbonyl (C=O) groups excluding carboxylic acids is 2. The summed E-state index contributed by atoms with van der Waals surface area (Å²) in [5.41, 5.74) is 8.60. The first kappa shape index (κ1) is 41.1. The van der Waals surface area contributed by atoms with Gasteiger partial charge in [-0.2, -0.15) is 31.6 Å². The van der Waals surface area contributed by atoms with Gasteiger partial charge in [-0.25, -0.2) is 18.4 Å². The first-order valence-corrected chi connectivity index (χ1v) is 14.4. The Morgan fingerprint density at radius 1 is 0.840 bits per heavy atom. The monoisotopic (exact) mass is 721 g/mol. The highest BCUT2D eigenvalue weighted by Gasteiger charge is 2.39. The van der Waals surface area contributed by atoms with Crippen LogP contribution in [0.3, 0.4) is 0 Å². The maximum absolute atomic E-state index is 13.5. The van der Waals surface area contributed by atoms with Gasteiger partial charge in [0.2, 0.25) is 11.8 Å². The Balaban J connectivity index is 0.000000521. The molecule has 2 aliphatic heterocycles. The number of nitrogens with zero attached hydrogens (tertiary/aromatic N) is 4. The summed E-state index contributed by atoms with van der Waals surface area (Å²) in [7, 11) is 0. The molecule has 4 N–H and O–H groups in total. The zero-order chi connectivity index (χ0) is 38.0. The van der Waals surface area contributed by atoms with Gasteiger partial charge in [-0.3, -0.25) is 14.5 Å². The van der Waals surface area contributed by atoms with Crippen LogP contribution in [0.1, 0.15) is 30.0 Å². The van der Waals surface area contributed by atoms with Crippen LogP contribution in [0.5, 0.6) is 0 Å². The highest BCUT2D eigenvalue weighted by molar-refractivity contribution is 5.89. The number of likely N-dealkylation sites (tertiary alicyclic amines) is 1. The van der Waals surface area contributed by atoms with Gasteiger partial charge in [-0.15, -0.1) is 0 Å². The fraction of sp³-hybridized carbons (Fsp3) is 0.387. The molecule has 0 bridgehead atoms. The average molecular weight is 722 g/mol. The highest BCUT2D eigenvalue weighted by atomic mass is 19.4. The van der Waals surface area contributed by atoms with E-state index in [2.05, 4.69) is 17.5 Å². The van der Waals surface area contributed by atoms with Gasteiger partial charge in [0, 0.05) is 39.1 Å². The molecule has 2 amide bonds. The Bertz CT molecular complexity index is 1480. The maximum Gasteiger partial charge on any atom is 0.490 e. The number of carboxylic acids is 2. The van der Waals surface area contributed by atoms with Crippen LogP contribution in [0, 0.1) is 23.0 Å². The Morgan fingerprint density at radius 3 is 1.60 bits per heavy atom. The van der Waals surface area contributed by atoms with Crippen LogP contribution >= 0.6 is 0 Å². The molecule has 2 aliphatic rings. The van der Waals surface area contributed by atoms with E-state index >= 15 is 0 Å². The van der Waals surface area contributed by atoms with Crippen LogP contribution in [0.4, 0.5) is 35.1 Å². The van der Waals surface area contributed by atoms with Gasteiger partial charge in [-0.1, -0.05) is 36.4 Å². The number of nitrogens with two attached hydrogens (primary N) is 1. The van der Waals surface area contributed by atoms with Gasteiger partial charge < -0.3 is 25.7 Å². The smallest absolute Gasteiger partial charge is 0.475 e. The molecule has 2 atom stereocenters. The van der Waals surface area contributed by atoms with Crippen molar-refractivity contribution in [3.8, 4) is 6.07 Å². The molecule has 2 aromatic carbocycles. The number of nitriles is 1. The summed E-state index contributed by atoms with van der Waals surface area (Å²) in [6.07, 6.45) is -9.88. The van der Waals surface area contributed by atoms with Crippen molar-refractivity contribution < 1.29 is 64.5 Å². The Kier molecular flexibility index (Phi) is 14.4. The molecule has 0 aromatic heterocycles. The summed E-state index contributed by atoms with van der Waals surface area (Å²) in [5.74, 6) is -6.82. The van der Waals surface area contributed by atoms with Gasteiger partial charge in [0.1, 0.15) is 17.7 Å². The molecule has 11 nitrogen and oxygen atoms in total. The fourth-order valence-corrected chi connectivity index (χ4v) is 4.90. The first-order chi connectivity index (χ1) is 23.1. The van der Waals surface area contributed by atoms with E-state index in [4.69, 9.17) is 25.5 Å². The van der Waals surface area contributed by atoms with Crippen molar-refractivity contribution in [2.45, 2.75) is 43.3 Å². The van der Waals surface area contributed by atoms with Gasteiger partial charge in [0.25, 0.3) is 0 Å². The predicted octanol–water partition coefficient (Wildman–Crippen LogP) is 3.86. The number of amides is 2. The van der Waals surface area contributed by atoms with Crippen LogP contribution < -0.4 is 5.73 Å². The summed E-state index contributed by atoms with van der Waals surface area (Å²) in [4.78, 5) is 48.7. The van der Waals surface area contributed by atoms with E-state index in [9.17, 15) is 50.0 Å². The largest absolute Gasteiger partial charge is 0.490 e. The second kappa shape index (κ2) is 17.5. The topological polar surface area (TPSA) is 168 Å². The van der Waals surface area contributed by atoms with Crippen molar-refractivity contribution in [3.63, 3.8) is 0 Å². The van der Waals surface area contributed by atoms with E-state index in [1.165, 1.54) is 29.2 Å². The van der Waals surface area contributed by atoms with Crippen molar-refractivity contribution in [2.75, 3.05) is 32.7 Å². The molecule has 2 heterocycles. The predicted molar refractivity (Wildman–Crippen MR) is 158 cm³/mol. The summed E-state index contributed by atoms with van der Waals surface area (Å²) in [6.45, 7) is 6.07. The lowest BCUT2D eigenvalue weighted by Crippen LogP contribution is -2.52. The molecule has 0 unspecified atom stereocenters. The third-order valence-corrected chi connectivity index (χ3v) is 7.28. The SMILES string of the molecule is C=C1C[C@@H](C#N)N(C(=O)[C@@H](N)CC(=O)N2CCN(C(c3ccc(F)cc3)c3ccc(F)cc3)CC2)C1.O=C(O)C(F)(F)F.O=C(O)C(F)(F)F. The standard InChI is InChI=1S/C27H29F2N5O2.2C2HF3O2/c1-18-14-23(16-30)34(17-18)27(36)24(31)15-25(35)32-10-12-33(13-11-32)26(19-2-6-21(28)7-3-19)20-4-8-22(29)9-5-20;2*3-2(4,5)1(6)7/h2-9,23-24,26H,1,10-15,17,31H2;2*(H,6,7)/t23-,24-;;/m0../s1. The van der Waals surface area contributed by atoms with E-state index in [1.54, 1.807) is 29.2 Å². The third kappa shape index (κ3) is 12.1. The molecule has 0 radical (unpaired) electrons. The highest BCUT2D eigenvalue weighted by Crippen LogP contribution is 2.30. The van der Waals surface area contributed by atoms with Crippen molar-refractivity contribution >= 4 is 23.8 Å². The van der Waals surface area contributed by atoms with E-state index in [0.29, 0.717) is 32.6 Å². The lowest BCUT2D eigenvalue weighted by molar-refractivity contribution is -0.193. The molecule has 0 aliphatic carbocycles. The van der Waals surface area contributed by atoms with E-state index in [1.807, 2.05) is 0 Å². The lowest BCUT2D eigenvalue weighted by Gasteiger charge is -2.40. The third-order valence-electron chi connectivity index (χ3n) is 7.28. The molecular weight excluding hydrogens is 690 g/mol. The summed E-state index contributed by atoms with van der Waals surface area (Å²) in [5, 5.41) is 23.5. The normalized spacial score (nSPS) is 17.1. The molecule has 19 heteroatoms. The number of carboxylic acid groups (broad SMARTS) is 2. The Labute approximate surface area is 279 Å². The van der Waals surface area contributed by atoms with E-state index in [-0.39, 0.29) is 36.5 Å². The number of halogens is 8. The van der Waals surface area contributed by atoms with Crippen LogP contribution in [-0.2, 0) is 19.2 Å². The van der Waals surface area contributed by atoms with E-state index < -0.39 is 42.3 Å². The van der Waals surface area contributed by atoms with Crippen LogP contribution in [-0.4, -0.2) is 106 Å². The van der Waals surface area contributed by atoms with Crippen molar-refractivity contribution in [1.29, 1.82) is 5.26 Å². The van der Waals surface area contributed by atoms with Crippen molar-refractivity contribution in [2.24, 2.45) is 5.73 Å². The summed E-state index contributed by atoms with van der Waals surface area (Å²) >= 11 is 0. The number of alkyl halides is 6. The van der Waals surface area contributed by atoms with Gasteiger partial charge in [0.15, 0.2) is 0 Å². The average Bonchev–Trinajstić information content (AvgIpc) is 3.43. The number of aliphatic carboxylic acids is 2. The molecule has 0 saturated carbocycles. The second-order valence-corrected chi connectivity index (χ2v) is 10.9. The number of piperazine rings is 1. The lowest BCUT2D eigenvalue weighted by atomic mass is 9.96. The van der Waals surface area contributed by atoms with Crippen molar-refractivity contribution in [1.82, 2.24) is 14.7 Å². The number of carbonyl (C=O) groups is 4. The minimum Gasteiger partial charge on any atom is -0.475 e. The molecule has 272 valence electrons. The zero-order valence-electron chi connectivity index (χ0n) is 25.9. The van der Waals surface area contributed by atoms with Gasteiger partial charge in [0.05, 0.1) is 24.6 Å². The van der Waals surface area contributed by atoms with Crippen molar-refractivity contribution in [3.05, 3.63) is 83.4 Å². The molecule has 4 rings (SSSR count). The molecule has 2 aromatic rings. The van der Waals surface area contributed by atoms with Gasteiger partial charge in [-0.05, 0) is 35.4 Å². The number of rotatable bonds is 6. The minimum atomic E-state index is -5.08. The van der Waals surface area contributed by atoms with Crippen LogP contribution in [0.25, 0.3) is 0 Å². The molecule has 2 saturated heterocycles. The fourth-order valence-electron chi connectivity index (χ4n) is 4.90. The second-order valence-electron chi connectivity index (χ2n) is 10.9. The van der Waals surface area contributed by atoms with Crippen LogP contribution in [0.15, 0.2) is 60.7 Å². The van der Waals surface area contributed by atoms with E-state index in [0.717, 1.165) is 16.7 Å². The maximum atomic E-state index is 13.5. The molecule has 0 spiro atoms. The minimum absolute atomic E-state index is 0.140. The number of benzene rings is 2. The zero-order valence-corrected chi connectivity index (χ0v) is 25.9. The van der Waals surface area contributed by atoms with Gasteiger partial charge >= 0.3 is 24.3 Å². The Morgan fingerprint density at radius 2 is 1.24 bits per heavy atom. The molecular formula is C31H31F8N5O6. The summed E-state index contributed by atoms with van der Waals surface area (Å²) in [6, 6.07) is 12.7. The Hall–Kier alpha value is -5.09. The summed E-state index contributed by atoms with van der Waals surface area (Å²) < 4.78 is 90.6. The molecule has 2 fully saturated rings. The van der Waals surface area contributed by atoms with Crippen LogP contribution in [0.2, 0.25) is 0 Å². The number of hydrogen-bond acceptors (Lipinski definition) is 7. The first-order valence-electron chi connectivity index (χ1n) is 14.4.